The molecule has 0 saturated heterocycles. The molecule has 0 aliphatic rings. The van der Waals surface area contributed by atoms with E-state index in [0.717, 1.165) is 17.7 Å². The third-order valence-electron chi connectivity index (χ3n) is 3.30. The van der Waals surface area contributed by atoms with Crippen LogP contribution in [0.2, 0.25) is 0 Å². The first-order valence-electron chi connectivity index (χ1n) is 6.52. The molecule has 116 valence electrons. The Morgan fingerprint density at radius 2 is 2.14 bits per heavy atom. The van der Waals surface area contributed by atoms with E-state index in [2.05, 4.69) is 10.5 Å². The molecule has 2 N–H and O–H groups in total. The molecule has 0 radical (unpaired) electrons. The lowest BCUT2D eigenvalue weighted by Gasteiger charge is -2.13. The predicted octanol–water partition coefficient (Wildman–Crippen LogP) is 2.40. The summed E-state index contributed by atoms with van der Waals surface area (Å²) in [5, 5.41) is 26.7. The lowest BCUT2D eigenvalue weighted by molar-refractivity contribution is -0.385. The molecule has 0 unspecified atom stereocenters. The summed E-state index contributed by atoms with van der Waals surface area (Å²) in [6.07, 6.45) is 0. The molecule has 8 heteroatoms. The molecule has 1 aromatic carbocycles. The maximum atomic E-state index is 12.2. The zero-order chi connectivity index (χ0) is 16.4. The number of hydrogen-bond donors (Lipinski definition) is 2. The Morgan fingerprint density at radius 3 is 2.68 bits per heavy atom. The van der Waals surface area contributed by atoms with Crippen LogP contribution in [0.25, 0.3) is 0 Å². The Morgan fingerprint density at radius 1 is 1.45 bits per heavy atom. The predicted molar refractivity (Wildman–Crippen MR) is 76.6 cm³/mol. The molecule has 1 amide bonds. The Bertz CT molecular complexity index is 719. The molecule has 1 heterocycles. The van der Waals surface area contributed by atoms with Crippen molar-refractivity contribution in [3.05, 3.63) is 50.9 Å². The Labute approximate surface area is 125 Å². The highest BCUT2D eigenvalue weighted by Crippen LogP contribution is 2.27. The van der Waals surface area contributed by atoms with Gasteiger partial charge in [0.25, 0.3) is 5.91 Å². The fourth-order valence-electron chi connectivity index (χ4n) is 2.27. The van der Waals surface area contributed by atoms with Crippen molar-refractivity contribution < 1.29 is 19.3 Å². The number of nitro benzene ring substituents is 1. The second kappa shape index (κ2) is 5.84. The molecular formula is C14H15N3O5. The SMILES string of the molecule is Cc1noc(C)c1[C@@H](C)NC(=O)c1ccc(O)c([N+](=O)[O-])c1. The molecule has 0 bridgehead atoms. The Kier molecular flexibility index (Phi) is 4.11. The van der Waals surface area contributed by atoms with Gasteiger partial charge in [-0.05, 0) is 32.9 Å². The van der Waals surface area contributed by atoms with Gasteiger partial charge in [-0.2, -0.15) is 0 Å². The van der Waals surface area contributed by atoms with Crippen LogP contribution in [0.3, 0.4) is 0 Å². The van der Waals surface area contributed by atoms with Gasteiger partial charge in [0.2, 0.25) is 0 Å². The average molecular weight is 305 g/mol. The molecule has 0 saturated carbocycles. The summed E-state index contributed by atoms with van der Waals surface area (Å²) < 4.78 is 5.05. The van der Waals surface area contributed by atoms with Crippen LogP contribution in [0.15, 0.2) is 22.7 Å². The van der Waals surface area contributed by atoms with Crippen molar-refractivity contribution in [3.63, 3.8) is 0 Å². The van der Waals surface area contributed by atoms with E-state index in [4.69, 9.17) is 4.52 Å². The van der Waals surface area contributed by atoms with Crippen LogP contribution in [0.1, 0.15) is 40.3 Å². The molecule has 8 nitrogen and oxygen atoms in total. The van der Waals surface area contributed by atoms with Crippen molar-refractivity contribution in [1.29, 1.82) is 0 Å². The Balaban J connectivity index is 2.23. The van der Waals surface area contributed by atoms with Gasteiger partial charge in [0.15, 0.2) is 5.75 Å². The van der Waals surface area contributed by atoms with E-state index in [1.807, 2.05) is 0 Å². The van der Waals surface area contributed by atoms with Crippen molar-refractivity contribution in [2.24, 2.45) is 0 Å². The van der Waals surface area contributed by atoms with E-state index in [-0.39, 0.29) is 11.6 Å². The quantitative estimate of drug-likeness (QED) is 0.661. The van der Waals surface area contributed by atoms with Gasteiger partial charge in [-0.15, -0.1) is 0 Å². The fourth-order valence-corrected chi connectivity index (χ4v) is 2.27. The first-order valence-corrected chi connectivity index (χ1v) is 6.52. The van der Waals surface area contributed by atoms with Crippen LogP contribution in [-0.4, -0.2) is 21.1 Å². The topological polar surface area (TPSA) is 118 Å². The molecule has 2 rings (SSSR count). The summed E-state index contributed by atoms with van der Waals surface area (Å²) >= 11 is 0. The third kappa shape index (κ3) is 2.90. The molecule has 2 aromatic rings. The molecule has 1 atom stereocenters. The van der Waals surface area contributed by atoms with E-state index < -0.39 is 22.3 Å². The van der Waals surface area contributed by atoms with Gasteiger partial charge in [-0.25, -0.2) is 0 Å². The van der Waals surface area contributed by atoms with Crippen LogP contribution in [0, 0.1) is 24.0 Å². The number of aromatic hydroxyl groups is 1. The summed E-state index contributed by atoms with van der Waals surface area (Å²) in [5.41, 5.74) is 1.00. The largest absolute Gasteiger partial charge is 0.502 e. The number of carbonyl (C=O) groups is 1. The highest BCUT2D eigenvalue weighted by Gasteiger charge is 2.21. The molecule has 0 aliphatic carbocycles. The lowest BCUT2D eigenvalue weighted by atomic mass is 10.1. The molecule has 1 aromatic heterocycles. The van der Waals surface area contributed by atoms with Gasteiger partial charge in [-0.3, -0.25) is 14.9 Å². The average Bonchev–Trinajstić information content (AvgIpc) is 2.78. The van der Waals surface area contributed by atoms with Crippen LogP contribution in [0.4, 0.5) is 5.69 Å². The number of aromatic nitrogens is 1. The van der Waals surface area contributed by atoms with E-state index >= 15 is 0 Å². The summed E-state index contributed by atoms with van der Waals surface area (Å²) in [7, 11) is 0. The van der Waals surface area contributed by atoms with Gasteiger partial charge in [0, 0.05) is 17.2 Å². The maximum Gasteiger partial charge on any atom is 0.311 e. The van der Waals surface area contributed by atoms with E-state index in [9.17, 15) is 20.0 Å². The van der Waals surface area contributed by atoms with Crippen LogP contribution < -0.4 is 5.32 Å². The number of hydrogen-bond acceptors (Lipinski definition) is 6. The number of nitrogens with one attached hydrogen (secondary N) is 1. The normalized spacial score (nSPS) is 12.0. The lowest BCUT2D eigenvalue weighted by Crippen LogP contribution is -2.27. The standard InChI is InChI=1S/C14H15N3O5/c1-7(13-8(2)16-22-9(13)3)15-14(19)10-4-5-12(18)11(6-10)17(20)21/h4-7,18H,1-3H3,(H,15,19)/t7-/m1/s1. The smallest absolute Gasteiger partial charge is 0.311 e. The van der Waals surface area contributed by atoms with Crippen LogP contribution in [0.5, 0.6) is 5.75 Å². The molecule has 22 heavy (non-hydrogen) atoms. The number of rotatable bonds is 4. The van der Waals surface area contributed by atoms with Gasteiger partial charge in [0.05, 0.1) is 16.7 Å². The molecule has 0 fully saturated rings. The number of carbonyl (C=O) groups excluding carboxylic acids is 1. The number of nitrogens with zero attached hydrogens (tertiary/aromatic N) is 2. The van der Waals surface area contributed by atoms with Crippen LogP contribution >= 0.6 is 0 Å². The van der Waals surface area contributed by atoms with Gasteiger partial charge < -0.3 is 14.9 Å². The zero-order valence-corrected chi connectivity index (χ0v) is 12.3. The zero-order valence-electron chi connectivity index (χ0n) is 12.3. The van der Waals surface area contributed by atoms with Crippen LogP contribution in [-0.2, 0) is 0 Å². The number of phenols is 1. The van der Waals surface area contributed by atoms with Crippen molar-refractivity contribution >= 4 is 11.6 Å². The van der Waals surface area contributed by atoms with Gasteiger partial charge in [0.1, 0.15) is 5.76 Å². The summed E-state index contributed by atoms with van der Waals surface area (Å²) in [4.78, 5) is 22.2. The summed E-state index contributed by atoms with van der Waals surface area (Å²) in [6, 6.07) is 3.10. The summed E-state index contributed by atoms with van der Waals surface area (Å²) in [5.74, 6) is -0.377. The second-order valence-corrected chi connectivity index (χ2v) is 4.89. The summed E-state index contributed by atoms with van der Waals surface area (Å²) in [6.45, 7) is 5.27. The minimum absolute atomic E-state index is 0.0862. The number of nitro groups is 1. The molecule has 0 spiro atoms. The molecule has 0 aliphatic heterocycles. The van der Waals surface area contributed by atoms with Gasteiger partial charge in [-0.1, -0.05) is 5.16 Å². The third-order valence-corrected chi connectivity index (χ3v) is 3.30. The fraction of sp³-hybridized carbons (Fsp3) is 0.286. The van der Waals surface area contributed by atoms with Crippen molar-refractivity contribution in [1.82, 2.24) is 10.5 Å². The number of phenolic OH excluding ortho intramolecular Hbond substituents is 1. The minimum atomic E-state index is -0.746. The highest BCUT2D eigenvalue weighted by atomic mass is 16.6. The number of amides is 1. The minimum Gasteiger partial charge on any atom is -0.502 e. The first kappa shape index (κ1) is 15.5. The van der Waals surface area contributed by atoms with Crippen molar-refractivity contribution in [3.8, 4) is 5.75 Å². The number of benzene rings is 1. The van der Waals surface area contributed by atoms with E-state index in [1.165, 1.54) is 6.07 Å². The molecular weight excluding hydrogens is 290 g/mol. The monoisotopic (exact) mass is 305 g/mol. The maximum absolute atomic E-state index is 12.2. The second-order valence-electron chi connectivity index (χ2n) is 4.89. The van der Waals surface area contributed by atoms with Crippen molar-refractivity contribution in [2.75, 3.05) is 0 Å². The highest BCUT2D eigenvalue weighted by molar-refractivity contribution is 5.95. The van der Waals surface area contributed by atoms with E-state index in [0.29, 0.717) is 11.5 Å². The van der Waals surface area contributed by atoms with Crippen molar-refractivity contribution in [2.45, 2.75) is 26.8 Å². The first-order chi connectivity index (χ1) is 10.3. The Hall–Kier alpha value is -2.90. The van der Waals surface area contributed by atoms with E-state index in [1.54, 1.807) is 20.8 Å². The number of aryl methyl sites for hydroxylation is 2. The van der Waals surface area contributed by atoms with Gasteiger partial charge >= 0.3 is 5.69 Å².